The Bertz CT molecular complexity index is 440. The zero-order valence-corrected chi connectivity index (χ0v) is 8.99. The Morgan fingerprint density at radius 3 is 2.87 bits per heavy atom. The lowest BCUT2D eigenvalue weighted by atomic mass is 10.4. The maximum atomic E-state index is 5.44. The highest BCUT2D eigenvalue weighted by Crippen LogP contribution is 2.23. The fraction of sp³-hybridized carbons (Fsp3) is 0.222. The molecular weight excluding hydrogens is 212 g/mol. The molecule has 0 unspecified atom stereocenters. The van der Waals surface area contributed by atoms with Gasteiger partial charge in [0, 0.05) is 12.2 Å². The molecule has 0 radical (unpaired) electrons. The molecule has 2 rings (SSSR count). The van der Waals surface area contributed by atoms with Crippen LogP contribution in [0.3, 0.4) is 0 Å². The van der Waals surface area contributed by atoms with Crippen molar-refractivity contribution in [2.24, 2.45) is 5.73 Å². The van der Waals surface area contributed by atoms with E-state index in [-0.39, 0.29) is 0 Å². The number of hydrogen-bond acceptors (Lipinski definition) is 6. The Hall–Kier alpha value is -1.53. The minimum absolute atomic E-state index is 0.382. The molecule has 2 heterocycles. The lowest BCUT2D eigenvalue weighted by Gasteiger charge is -1.99. The van der Waals surface area contributed by atoms with Crippen LogP contribution in [0.2, 0.25) is 0 Å². The smallest absolute Gasteiger partial charge is 0.299 e. The van der Waals surface area contributed by atoms with Crippen LogP contribution in [0.4, 0.5) is 0 Å². The Morgan fingerprint density at radius 2 is 2.27 bits per heavy atom. The highest BCUT2D eigenvalue weighted by Gasteiger charge is 2.04. The van der Waals surface area contributed by atoms with Gasteiger partial charge in [0.15, 0.2) is 0 Å². The summed E-state index contributed by atoms with van der Waals surface area (Å²) in [5.41, 5.74) is 6.36. The summed E-state index contributed by atoms with van der Waals surface area (Å²) in [6.45, 7) is 2.30. The van der Waals surface area contributed by atoms with E-state index < -0.39 is 0 Å². The van der Waals surface area contributed by atoms with Crippen molar-refractivity contribution >= 4 is 11.3 Å². The second-order valence-electron chi connectivity index (χ2n) is 2.90. The van der Waals surface area contributed by atoms with E-state index in [1.54, 1.807) is 6.20 Å². The number of aromatic nitrogens is 3. The van der Waals surface area contributed by atoms with E-state index in [4.69, 9.17) is 10.5 Å². The molecule has 0 aliphatic rings. The summed E-state index contributed by atoms with van der Waals surface area (Å²) in [6, 6.07) is 3.71. The van der Waals surface area contributed by atoms with Crippen LogP contribution in [0, 0.1) is 6.92 Å². The second kappa shape index (κ2) is 4.33. The van der Waals surface area contributed by atoms with E-state index in [2.05, 4.69) is 15.2 Å². The Morgan fingerprint density at radius 1 is 1.40 bits per heavy atom. The van der Waals surface area contributed by atoms with Gasteiger partial charge >= 0.3 is 0 Å². The molecule has 0 aromatic carbocycles. The van der Waals surface area contributed by atoms with Crippen LogP contribution >= 0.6 is 11.3 Å². The number of pyridine rings is 1. The molecule has 0 spiro atoms. The summed E-state index contributed by atoms with van der Waals surface area (Å²) in [5, 5.41) is 8.93. The van der Waals surface area contributed by atoms with Gasteiger partial charge in [-0.2, -0.15) is 0 Å². The molecule has 2 aromatic heterocycles. The van der Waals surface area contributed by atoms with Crippen LogP contribution < -0.4 is 10.5 Å². The van der Waals surface area contributed by atoms with Crippen LogP contribution in [-0.4, -0.2) is 15.2 Å². The zero-order valence-electron chi connectivity index (χ0n) is 8.17. The monoisotopic (exact) mass is 222 g/mol. The summed E-state index contributed by atoms with van der Waals surface area (Å²) in [7, 11) is 0. The molecule has 6 heteroatoms. The van der Waals surface area contributed by atoms with Crippen molar-refractivity contribution < 1.29 is 4.74 Å². The van der Waals surface area contributed by atoms with Gasteiger partial charge in [-0.25, -0.2) is 0 Å². The minimum Gasteiger partial charge on any atom is -0.428 e. The van der Waals surface area contributed by atoms with Gasteiger partial charge in [-0.1, -0.05) is 16.4 Å². The Kier molecular flexibility index (Phi) is 2.89. The van der Waals surface area contributed by atoms with Crippen molar-refractivity contribution in [3.05, 3.63) is 29.0 Å². The quantitative estimate of drug-likeness (QED) is 0.851. The molecule has 0 atom stereocenters. The molecule has 2 aromatic rings. The van der Waals surface area contributed by atoms with Crippen LogP contribution in [0.15, 0.2) is 18.3 Å². The molecule has 0 amide bonds. The van der Waals surface area contributed by atoms with E-state index in [0.29, 0.717) is 17.5 Å². The molecular formula is C9H10N4OS. The van der Waals surface area contributed by atoms with Crippen molar-refractivity contribution in [1.82, 2.24) is 15.2 Å². The predicted molar refractivity (Wildman–Crippen MR) is 56.8 cm³/mol. The first kappa shape index (κ1) is 10.0. The van der Waals surface area contributed by atoms with Gasteiger partial charge in [-0.15, -0.1) is 5.10 Å². The highest BCUT2D eigenvalue weighted by atomic mass is 32.1. The van der Waals surface area contributed by atoms with Crippen molar-refractivity contribution in [1.29, 1.82) is 0 Å². The van der Waals surface area contributed by atoms with E-state index >= 15 is 0 Å². The molecule has 0 aliphatic carbocycles. The minimum atomic E-state index is 0.382. The lowest BCUT2D eigenvalue weighted by Crippen LogP contribution is -1.94. The predicted octanol–water partition coefficient (Wildman–Crippen LogP) is 1.49. The standard InChI is InChI=1S/C9H10N4OS/c1-6-2-3-7(5-11-6)14-9-13-12-8(4-10)15-9/h2-3,5H,4,10H2,1H3. The van der Waals surface area contributed by atoms with Crippen molar-refractivity contribution in [3.63, 3.8) is 0 Å². The summed E-state index contributed by atoms with van der Waals surface area (Å²) < 4.78 is 5.44. The van der Waals surface area contributed by atoms with Crippen LogP contribution in [0.5, 0.6) is 10.9 Å². The number of hydrogen-bond donors (Lipinski definition) is 1. The number of nitrogens with zero attached hydrogens (tertiary/aromatic N) is 3. The number of ether oxygens (including phenoxy) is 1. The fourth-order valence-electron chi connectivity index (χ4n) is 0.977. The average Bonchev–Trinajstić information content (AvgIpc) is 2.69. The van der Waals surface area contributed by atoms with E-state index in [0.717, 1.165) is 10.7 Å². The van der Waals surface area contributed by atoms with Gasteiger partial charge in [-0.05, 0) is 19.1 Å². The Labute approximate surface area is 90.9 Å². The molecule has 5 nitrogen and oxygen atoms in total. The first-order valence-corrected chi connectivity index (χ1v) is 5.22. The fourth-order valence-corrected chi connectivity index (χ4v) is 1.56. The van der Waals surface area contributed by atoms with E-state index in [1.165, 1.54) is 11.3 Å². The normalized spacial score (nSPS) is 10.3. The van der Waals surface area contributed by atoms with Gasteiger partial charge in [0.2, 0.25) is 0 Å². The third-order valence-corrected chi connectivity index (χ3v) is 2.54. The Balaban J connectivity index is 2.11. The largest absolute Gasteiger partial charge is 0.428 e. The summed E-state index contributed by atoms with van der Waals surface area (Å²) in [6.07, 6.45) is 1.65. The van der Waals surface area contributed by atoms with Crippen LogP contribution in [0.1, 0.15) is 10.7 Å². The first-order chi connectivity index (χ1) is 7.28. The molecule has 0 fully saturated rings. The molecule has 0 bridgehead atoms. The van der Waals surface area contributed by atoms with Gasteiger partial charge in [0.25, 0.3) is 5.19 Å². The number of rotatable bonds is 3. The lowest BCUT2D eigenvalue weighted by molar-refractivity contribution is 0.470. The first-order valence-electron chi connectivity index (χ1n) is 4.41. The second-order valence-corrected chi connectivity index (χ2v) is 3.93. The third-order valence-electron chi connectivity index (χ3n) is 1.71. The van der Waals surface area contributed by atoms with Gasteiger partial charge in [0.05, 0.1) is 6.20 Å². The van der Waals surface area contributed by atoms with Crippen molar-refractivity contribution in [2.45, 2.75) is 13.5 Å². The topological polar surface area (TPSA) is 73.9 Å². The highest BCUT2D eigenvalue weighted by molar-refractivity contribution is 7.13. The molecule has 0 saturated carbocycles. The summed E-state index contributed by atoms with van der Waals surface area (Å²) in [4.78, 5) is 4.11. The zero-order chi connectivity index (χ0) is 10.7. The SMILES string of the molecule is Cc1ccc(Oc2nnc(CN)s2)cn1. The van der Waals surface area contributed by atoms with E-state index in [1.807, 2.05) is 19.1 Å². The van der Waals surface area contributed by atoms with E-state index in [9.17, 15) is 0 Å². The molecule has 2 N–H and O–H groups in total. The average molecular weight is 222 g/mol. The van der Waals surface area contributed by atoms with Gasteiger partial charge in [-0.3, -0.25) is 4.98 Å². The maximum absolute atomic E-state index is 5.44. The van der Waals surface area contributed by atoms with Crippen molar-refractivity contribution in [3.8, 4) is 10.9 Å². The number of nitrogens with two attached hydrogens (primary N) is 1. The molecule has 0 aliphatic heterocycles. The molecule has 15 heavy (non-hydrogen) atoms. The van der Waals surface area contributed by atoms with Gasteiger partial charge in [0.1, 0.15) is 10.8 Å². The number of aryl methyl sites for hydroxylation is 1. The van der Waals surface area contributed by atoms with Crippen LogP contribution in [-0.2, 0) is 6.54 Å². The maximum Gasteiger partial charge on any atom is 0.299 e. The molecule has 0 saturated heterocycles. The van der Waals surface area contributed by atoms with Gasteiger partial charge < -0.3 is 10.5 Å². The van der Waals surface area contributed by atoms with Crippen LogP contribution in [0.25, 0.3) is 0 Å². The molecule has 78 valence electrons. The summed E-state index contributed by atoms with van der Waals surface area (Å²) >= 11 is 1.33. The third kappa shape index (κ3) is 2.48. The van der Waals surface area contributed by atoms with Crippen molar-refractivity contribution in [2.75, 3.05) is 0 Å². The summed E-state index contributed by atoms with van der Waals surface area (Å²) in [5.74, 6) is 0.653.